The van der Waals surface area contributed by atoms with Gasteiger partial charge in [-0.15, -0.1) is 22.7 Å². The summed E-state index contributed by atoms with van der Waals surface area (Å²) in [7, 11) is 0. The summed E-state index contributed by atoms with van der Waals surface area (Å²) >= 11 is 3.24. The molecule has 0 fully saturated rings. The van der Waals surface area contributed by atoms with Crippen molar-refractivity contribution in [1.29, 1.82) is 0 Å². The Morgan fingerprint density at radius 3 is 2.41 bits per heavy atom. The van der Waals surface area contributed by atoms with Crippen LogP contribution >= 0.6 is 22.7 Å². The lowest BCUT2D eigenvalue weighted by Gasteiger charge is -2.35. The van der Waals surface area contributed by atoms with Crippen LogP contribution in [-0.4, -0.2) is 25.0 Å². The fourth-order valence-electron chi connectivity index (χ4n) is 4.66. The highest BCUT2D eigenvalue weighted by molar-refractivity contribution is 7.10. The van der Waals surface area contributed by atoms with Gasteiger partial charge in [0.1, 0.15) is 19.0 Å². The molecule has 174 valence electrons. The van der Waals surface area contributed by atoms with E-state index in [1.165, 1.54) is 4.88 Å². The Balaban J connectivity index is 1.36. The number of nitrogens with one attached hydrogen (secondary N) is 1. The van der Waals surface area contributed by atoms with E-state index in [9.17, 15) is 9.59 Å². The second-order valence-electron chi connectivity index (χ2n) is 8.35. The number of hydrogen-bond acceptors (Lipinski definition) is 7. The van der Waals surface area contributed by atoms with E-state index in [1.54, 1.807) is 22.7 Å². The molecule has 2 aromatic heterocycles. The smallest absolute Gasteiger partial charge is 0.336 e. The van der Waals surface area contributed by atoms with E-state index in [0.717, 1.165) is 28.4 Å². The third-order valence-electron chi connectivity index (χ3n) is 6.15. The van der Waals surface area contributed by atoms with Crippen LogP contribution in [0.4, 0.5) is 0 Å². The topological polar surface area (TPSA) is 64.6 Å². The molecular formula is C27H25NO4S2. The van der Waals surface area contributed by atoms with Crippen molar-refractivity contribution in [2.75, 3.05) is 13.2 Å². The maximum absolute atomic E-state index is 13.4. The van der Waals surface area contributed by atoms with Gasteiger partial charge in [-0.25, -0.2) is 4.79 Å². The van der Waals surface area contributed by atoms with Crippen molar-refractivity contribution >= 4 is 34.4 Å². The number of carbonyl (C=O) groups is 2. The molecule has 1 aromatic carbocycles. The van der Waals surface area contributed by atoms with Crippen molar-refractivity contribution in [1.82, 2.24) is 5.32 Å². The summed E-state index contributed by atoms with van der Waals surface area (Å²) in [5, 5.41) is 7.42. The first-order valence-corrected chi connectivity index (χ1v) is 13.0. The SMILES string of the molecule is CC1=C(C(=O)OCCOc2ccccc2)[C@@H](c2cccs2)C2=C(C[C@@H](c3cccs3)CC2=O)N1. The van der Waals surface area contributed by atoms with Crippen LogP contribution in [-0.2, 0) is 14.3 Å². The minimum absolute atomic E-state index is 0.0933. The summed E-state index contributed by atoms with van der Waals surface area (Å²) in [5.74, 6) is 0.165. The summed E-state index contributed by atoms with van der Waals surface area (Å²) in [6.45, 7) is 2.27. The zero-order chi connectivity index (χ0) is 23.5. The monoisotopic (exact) mass is 491 g/mol. The number of dihydropyridines is 1. The maximum Gasteiger partial charge on any atom is 0.336 e. The van der Waals surface area contributed by atoms with E-state index in [4.69, 9.17) is 9.47 Å². The molecule has 5 rings (SSSR count). The highest BCUT2D eigenvalue weighted by Crippen LogP contribution is 2.47. The number of para-hydroxylation sites is 1. The van der Waals surface area contributed by atoms with Crippen LogP contribution in [0.1, 0.15) is 41.4 Å². The van der Waals surface area contributed by atoms with E-state index < -0.39 is 11.9 Å². The number of benzene rings is 1. The highest BCUT2D eigenvalue weighted by Gasteiger charge is 2.42. The van der Waals surface area contributed by atoms with Crippen LogP contribution in [0.2, 0.25) is 0 Å². The molecule has 2 atom stereocenters. The van der Waals surface area contributed by atoms with Crippen LogP contribution in [0.3, 0.4) is 0 Å². The molecule has 3 aromatic rings. The molecule has 0 saturated carbocycles. The van der Waals surface area contributed by atoms with Gasteiger partial charge in [0.2, 0.25) is 0 Å². The van der Waals surface area contributed by atoms with Crippen molar-refractivity contribution in [2.45, 2.75) is 31.6 Å². The molecule has 1 N–H and O–H groups in total. The lowest BCUT2D eigenvalue weighted by Crippen LogP contribution is -2.36. The minimum atomic E-state index is -0.417. The molecular weight excluding hydrogens is 466 g/mol. The van der Waals surface area contributed by atoms with Gasteiger partial charge in [0.05, 0.1) is 11.5 Å². The molecule has 7 heteroatoms. The normalized spacial score (nSPS) is 20.1. The van der Waals surface area contributed by atoms with Gasteiger partial charge in [-0.05, 0) is 48.4 Å². The lowest BCUT2D eigenvalue weighted by atomic mass is 9.74. The van der Waals surface area contributed by atoms with Gasteiger partial charge < -0.3 is 14.8 Å². The molecule has 0 radical (unpaired) electrons. The van der Waals surface area contributed by atoms with Gasteiger partial charge in [-0.3, -0.25) is 4.79 Å². The van der Waals surface area contributed by atoms with Crippen LogP contribution < -0.4 is 10.1 Å². The number of Topliss-reactive ketones (excluding diaryl/α,β-unsaturated/α-hetero) is 1. The average molecular weight is 492 g/mol. The maximum atomic E-state index is 13.4. The quantitative estimate of drug-likeness (QED) is 0.335. The Morgan fingerprint density at radius 1 is 0.971 bits per heavy atom. The summed E-state index contributed by atoms with van der Waals surface area (Å²) < 4.78 is 11.3. The number of thiophene rings is 2. The predicted molar refractivity (Wildman–Crippen MR) is 134 cm³/mol. The Bertz CT molecular complexity index is 1230. The third-order valence-corrected chi connectivity index (χ3v) is 8.12. The van der Waals surface area contributed by atoms with Gasteiger partial charge in [0.25, 0.3) is 0 Å². The Hall–Kier alpha value is -3.16. The third kappa shape index (κ3) is 4.58. The fraction of sp³-hybridized carbons (Fsp3) is 0.259. The number of ketones is 1. The number of ether oxygens (including phenoxy) is 2. The van der Waals surface area contributed by atoms with Crippen molar-refractivity contribution in [2.24, 2.45) is 0 Å². The van der Waals surface area contributed by atoms with Crippen molar-refractivity contribution in [3.05, 3.63) is 97.7 Å². The van der Waals surface area contributed by atoms with Crippen LogP contribution in [0.5, 0.6) is 5.75 Å². The number of esters is 1. The van der Waals surface area contributed by atoms with E-state index in [2.05, 4.69) is 11.4 Å². The minimum Gasteiger partial charge on any atom is -0.490 e. The second-order valence-corrected chi connectivity index (χ2v) is 10.3. The molecule has 34 heavy (non-hydrogen) atoms. The molecule has 0 amide bonds. The van der Waals surface area contributed by atoms with E-state index in [-0.39, 0.29) is 24.9 Å². The zero-order valence-electron chi connectivity index (χ0n) is 18.8. The van der Waals surface area contributed by atoms with Crippen molar-refractivity contribution < 1.29 is 19.1 Å². The standard InChI is InChI=1S/C27H25NO4S2/c1-17-24(27(30)32-12-11-31-19-7-3-2-4-8-19)26(23-10-6-14-34-23)25-20(28-17)15-18(16-21(25)29)22-9-5-13-33-22/h2-10,13-14,18,26,28H,11-12,15-16H2,1H3/t18-,26-/m1/s1. The highest BCUT2D eigenvalue weighted by atomic mass is 32.1. The molecule has 1 aliphatic carbocycles. The number of allylic oxidation sites excluding steroid dienone is 3. The first-order chi connectivity index (χ1) is 16.6. The van der Waals surface area contributed by atoms with E-state index >= 15 is 0 Å². The summed E-state index contributed by atoms with van der Waals surface area (Å²) in [6, 6.07) is 17.5. The number of hydrogen-bond donors (Lipinski definition) is 1. The van der Waals surface area contributed by atoms with Gasteiger partial charge in [-0.1, -0.05) is 30.3 Å². The summed E-state index contributed by atoms with van der Waals surface area (Å²) in [6.07, 6.45) is 1.21. The van der Waals surface area contributed by atoms with Crippen LogP contribution in [0, 0.1) is 0 Å². The largest absolute Gasteiger partial charge is 0.490 e. The number of carbonyl (C=O) groups excluding carboxylic acids is 2. The summed E-state index contributed by atoms with van der Waals surface area (Å²) in [5.41, 5.74) is 2.87. The van der Waals surface area contributed by atoms with Gasteiger partial charge in [-0.2, -0.15) is 0 Å². The molecule has 0 spiro atoms. The van der Waals surface area contributed by atoms with Gasteiger partial charge >= 0.3 is 5.97 Å². The average Bonchev–Trinajstić information content (AvgIpc) is 3.56. The summed E-state index contributed by atoms with van der Waals surface area (Å²) in [4.78, 5) is 28.9. The number of rotatable bonds is 7. The zero-order valence-corrected chi connectivity index (χ0v) is 20.4. The Labute approximate surface area is 206 Å². The fourth-order valence-corrected chi connectivity index (χ4v) is 6.34. The van der Waals surface area contributed by atoms with Crippen LogP contribution in [0.25, 0.3) is 0 Å². The van der Waals surface area contributed by atoms with E-state index in [1.807, 2.05) is 66.2 Å². The van der Waals surface area contributed by atoms with Crippen LogP contribution in [0.15, 0.2) is 87.9 Å². The first-order valence-electron chi connectivity index (χ1n) is 11.3. The van der Waals surface area contributed by atoms with Crippen molar-refractivity contribution in [3.63, 3.8) is 0 Å². The molecule has 0 unspecified atom stereocenters. The Morgan fingerprint density at radius 2 is 1.71 bits per heavy atom. The van der Waals surface area contributed by atoms with Gasteiger partial charge in [0, 0.05) is 39.1 Å². The molecule has 1 aliphatic heterocycles. The molecule has 3 heterocycles. The molecule has 2 aliphatic rings. The molecule has 5 nitrogen and oxygen atoms in total. The van der Waals surface area contributed by atoms with E-state index in [0.29, 0.717) is 17.6 Å². The Kier molecular flexibility index (Phi) is 6.65. The van der Waals surface area contributed by atoms with Crippen molar-refractivity contribution in [3.8, 4) is 5.75 Å². The first kappa shape index (κ1) is 22.6. The second kappa shape index (κ2) is 9.99. The van der Waals surface area contributed by atoms with Gasteiger partial charge in [0.15, 0.2) is 5.78 Å². The molecule has 0 saturated heterocycles. The lowest BCUT2D eigenvalue weighted by molar-refractivity contribution is -0.140. The predicted octanol–water partition coefficient (Wildman–Crippen LogP) is 5.79. The molecule has 0 bridgehead atoms.